The van der Waals surface area contributed by atoms with Gasteiger partial charge in [0.2, 0.25) is 5.75 Å². The lowest BCUT2D eigenvalue weighted by atomic mass is 9.82. The first-order valence-electron chi connectivity index (χ1n) is 10.4. The van der Waals surface area contributed by atoms with E-state index < -0.39 is 23.1 Å². The number of methoxy groups -OCH3 is 3. The number of anilines is 1. The number of hydrogen-bond acceptors (Lipinski definition) is 8. The van der Waals surface area contributed by atoms with Crippen molar-refractivity contribution in [3.63, 3.8) is 0 Å². The number of nitrogens with one attached hydrogen (secondary N) is 1. The number of fused-ring (bicyclic) bond motifs is 1. The molecular formula is C23H29N3O7. The number of aromatic nitrogens is 2. The van der Waals surface area contributed by atoms with Gasteiger partial charge in [0.25, 0.3) is 5.56 Å². The molecule has 0 radical (unpaired) electrons. The van der Waals surface area contributed by atoms with Crippen molar-refractivity contribution in [3.8, 4) is 17.2 Å². The van der Waals surface area contributed by atoms with E-state index in [0.717, 1.165) is 4.57 Å². The third-order valence-electron chi connectivity index (χ3n) is 5.57. The second-order valence-electron chi connectivity index (χ2n) is 7.98. The molecule has 0 saturated carbocycles. The van der Waals surface area contributed by atoms with Crippen molar-refractivity contribution in [2.75, 3.05) is 26.6 Å². The van der Waals surface area contributed by atoms with E-state index in [2.05, 4.69) is 5.32 Å². The highest BCUT2D eigenvalue weighted by atomic mass is 16.5. The van der Waals surface area contributed by atoms with Crippen LogP contribution in [0.3, 0.4) is 0 Å². The number of rotatable bonds is 6. The zero-order valence-electron chi connectivity index (χ0n) is 20.1. The molecule has 33 heavy (non-hydrogen) atoms. The molecule has 1 aromatic heterocycles. The molecule has 1 aromatic carbocycles. The van der Waals surface area contributed by atoms with E-state index in [1.807, 2.05) is 0 Å². The molecule has 3 rings (SSSR count). The van der Waals surface area contributed by atoms with Gasteiger partial charge >= 0.3 is 11.7 Å². The highest BCUT2D eigenvalue weighted by Crippen LogP contribution is 2.46. The van der Waals surface area contributed by atoms with Gasteiger partial charge in [-0.25, -0.2) is 9.59 Å². The van der Waals surface area contributed by atoms with Crippen molar-refractivity contribution in [2.45, 2.75) is 32.8 Å². The van der Waals surface area contributed by atoms with Crippen molar-refractivity contribution >= 4 is 11.8 Å². The summed E-state index contributed by atoms with van der Waals surface area (Å²) >= 11 is 0. The topological polar surface area (TPSA) is 110 Å². The minimum atomic E-state index is -0.855. The van der Waals surface area contributed by atoms with E-state index in [9.17, 15) is 14.4 Å². The Labute approximate surface area is 191 Å². The van der Waals surface area contributed by atoms with Crippen LogP contribution in [-0.4, -0.2) is 42.5 Å². The lowest BCUT2D eigenvalue weighted by Crippen LogP contribution is -2.43. The van der Waals surface area contributed by atoms with Gasteiger partial charge in [-0.1, -0.05) is 0 Å². The van der Waals surface area contributed by atoms with Gasteiger partial charge in [0.1, 0.15) is 5.82 Å². The van der Waals surface area contributed by atoms with Crippen molar-refractivity contribution in [3.05, 3.63) is 55.4 Å². The molecule has 10 nitrogen and oxygen atoms in total. The number of carbonyl (C=O) groups is 1. The molecule has 0 aliphatic carbocycles. The number of nitrogens with zero attached hydrogens (tertiary/aromatic N) is 2. The summed E-state index contributed by atoms with van der Waals surface area (Å²) in [4.78, 5) is 39.1. The largest absolute Gasteiger partial charge is 0.493 e. The molecule has 2 heterocycles. The third kappa shape index (κ3) is 3.96. The fourth-order valence-electron chi connectivity index (χ4n) is 4.04. The number of carbonyl (C=O) groups excluding carboxylic acids is 1. The first kappa shape index (κ1) is 24.0. The van der Waals surface area contributed by atoms with Crippen LogP contribution in [0.1, 0.15) is 37.8 Å². The second kappa shape index (κ2) is 9.05. The normalized spacial score (nSPS) is 15.1. The second-order valence-corrected chi connectivity index (χ2v) is 7.98. The Balaban J connectivity index is 2.43. The molecule has 0 spiro atoms. The van der Waals surface area contributed by atoms with Crippen LogP contribution in [0.4, 0.5) is 5.82 Å². The van der Waals surface area contributed by atoms with Crippen LogP contribution in [0.5, 0.6) is 17.2 Å². The zero-order chi connectivity index (χ0) is 24.6. The van der Waals surface area contributed by atoms with Gasteiger partial charge in [-0.15, -0.1) is 0 Å². The minimum absolute atomic E-state index is 0.232. The highest BCUT2D eigenvalue weighted by molar-refractivity contribution is 5.94. The standard InChI is InChI=1S/C23H29N3O7/c1-11(2)33-22(28)16-12(3)24-20-18(21(27)26(5)23(29)25(20)4)17(16)13-9-14(30-6)19(32-8)15(10-13)31-7/h9-11,17,24H,1-8H3. The first-order chi connectivity index (χ1) is 15.6. The smallest absolute Gasteiger partial charge is 0.337 e. The maximum Gasteiger partial charge on any atom is 0.337 e. The average Bonchev–Trinajstić information content (AvgIpc) is 2.78. The number of esters is 1. The third-order valence-corrected chi connectivity index (χ3v) is 5.57. The van der Waals surface area contributed by atoms with Crippen LogP contribution >= 0.6 is 0 Å². The highest BCUT2D eigenvalue weighted by Gasteiger charge is 2.38. The molecule has 0 fully saturated rings. The van der Waals surface area contributed by atoms with E-state index in [-0.39, 0.29) is 17.2 Å². The monoisotopic (exact) mass is 459 g/mol. The summed E-state index contributed by atoms with van der Waals surface area (Å²) in [7, 11) is 7.41. The van der Waals surface area contributed by atoms with E-state index in [4.69, 9.17) is 18.9 Å². The molecule has 0 bridgehead atoms. The van der Waals surface area contributed by atoms with E-state index in [0.29, 0.717) is 34.3 Å². The molecule has 0 amide bonds. The SMILES string of the molecule is COc1cc(C2C(C(=O)OC(C)C)=C(C)Nc3c2c(=O)n(C)c(=O)n3C)cc(OC)c1OC. The van der Waals surface area contributed by atoms with Crippen LogP contribution in [-0.2, 0) is 23.6 Å². The van der Waals surface area contributed by atoms with Gasteiger partial charge in [0.05, 0.1) is 44.5 Å². The van der Waals surface area contributed by atoms with E-state index >= 15 is 0 Å². The lowest BCUT2D eigenvalue weighted by Gasteiger charge is -2.31. The summed E-state index contributed by atoms with van der Waals surface area (Å²) in [5.74, 6) is -0.0219. The maximum atomic E-state index is 13.3. The summed E-state index contributed by atoms with van der Waals surface area (Å²) in [6, 6.07) is 3.36. The van der Waals surface area contributed by atoms with Crippen LogP contribution in [0.2, 0.25) is 0 Å². The fourth-order valence-corrected chi connectivity index (χ4v) is 4.04. The summed E-state index contributed by atoms with van der Waals surface area (Å²) in [5, 5.41) is 3.06. The van der Waals surface area contributed by atoms with Gasteiger partial charge in [0.15, 0.2) is 11.5 Å². The van der Waals surface area contributed by atoms with Gasteiger partial charge in [-0.3, -0.25) is 13.9 Å². The van der Waals surface area contributed by atoms with Gasteiger partial charge in [-0.05, 0) is 38.5 Å². The summed E-state index contributed by atoms with van der Waals surface area (Å²) in [6.07, 6.45) is -0.372. The number of allylic oxidation sites excluding steroid dienone is 1. The molecule has 1 aliphatic rings. The van der Waals surface area contributed by atoms with Gasteiger partial charge in [-0.2, -0.15) is 0 Å². The van der Waals surface area contributed by atoms with Crippen molar-refractivity contribution in [2.24, 2.45) is 14.1 Å². The molecule has 1 atom stereocenters. The predicted octanol–water partition coefficient (Wildman–Crippen LogP) is 1.89. The van der Waals surface area contributed by atoms with Gasteiger partial charge < -0.3 is 24.3 Å². The molecule has 1 unspecified atom stereocenters. The van der Waals surface area contributed by atoms with Gasteiger partial charge in [0, 0.05) is 19.8 Å². The molecule has 1 aliphatic heterocycles. The fraction of sp³-hybridized carbons (Fsp3) is 0.435. The summed E-state index contributed by atoms with van der Waals surface area (Å²) in [5.41, 5.74) is 0.474. The lowest BCUT2D eigenvalue weighted by molar-refractivity contribution is -0.143. The zero-order valence-corrected chi connectivity index (χ0v) is 20.1. The molecular weight excluding hydrogens is 430 g/mol. The van der Waals surface area contributed by atoms with Crippen molar-refractivity contribution in [1.29, 1.82) is 0 Å². The first-order valence-corrected chi connectivity index (χ1v) is 10.4. The Kier molecular flexibility index (Phi) is 6.57. The molecule has 0 saturated heterocycles. The molecule has 2 aromatic rings. The summed E-state index contributed by atoms with van der Waals surface area (Å²) < 4.78 is 24.3. The summed E-state index contributed by atoms with van der Waals surface area (Å²) in [6.45, 7) is 5.19. The quantitative estimate of drug-likeness (QED) is 0.653. The predicted molar refractivity (Wildman–Crippen MR) is 122 cm³/mol. The van der Waals surface area contributed by atoms with Crippen LogP contribution in [0.15, 0.2) is 33.0 Å². The molecule has 178 valence electrons. The Morgan fingerprint density at radius 1 is 1.00 bits per heavy atom. The number of benzene rings is 1. The molecule has 10 heteroatoms. The van der Waals surface area contributed by atoms with Crippen LogP contribution in [0.25, 0.3) is 0 Å². The van der Waals surface area contributed by atoms with E-state index in [1.165, 1.54) is 32.9 Å². The Hall–Kier alpha value is -3.69. The molecule has 1 N–H and O–H groups in total. The van der Waals surface area contributed by atoms with E-state index in [1.54, 1.807) is 40.0 Å². The average molecular weight is 459 g/mol. The van der Waals surface area contributed by atoms with Crippen molar-refractivity contribution in [1.82, 2.24) is 9.13 Å². The Morgan fingerprint density at radius 2 is 1.58 bits per heavy atom. The Morgan fingerprint density at radius 3 is 2.06 bits per heavy atom. The number of ether oxygens (including phenoxy) is 4. The Bertz CT molecular complexity index is 1230. The van der Waals surface area contributed by atoms with Crippen LogP contribution < -0.4 is 30.8 Å². The maximum absolute atomic E-state index is 13.3. The van der Waals surface area contributed by atoms with Crippen molar-refractivity contribution < 1.29 is 23.7 Å². The van der Waals surface area contributed by atoms with Crippen LogP contribution in [0, 0.1) is 0 Å². The number of hydrogen-bond donors (Lipinski definition) is 1. The minimum Gasteiger partial charge on any atom is -0.493 e.